The van der Waals surface area contributed by atoms with Crippen LogP contribution in [0.3, 0.4) is 0 Å². The Labute approximate surface area is 122 Å². The molecule has 6 nitrogen and oxygen atoms in total. The van der Waals surface area contributed by atoms with Crippen LogP contribution in [-0.2, 0) is 14.8 Å². The van der Waals surface area contributed by atoms with Crippen LogP contribution in [0.25, 0.3) is 0 Å². The number of benzene rings is 1. The topological polar surface area (TPSA) is 101 Å². The summed E-state index contributed by atoms with van der Waals surface area (Å²) >= 11 is 1.69. The maximum atomic E-state index is 12.0. The lowest BCUT2D eigenvalue weighted by Crippen LogP contribution is -2.42. The van der Waals surface area contributed by atoms with E-state index in [4.69, 9.17) is 5.14 Å². The van der Waals surface area contributed by atoms with Crippen LogP contribution in [0.5, 0.6) is 0 Å². The summed E-state index contributed by atoms with van der Waals surface area (Å²) in [6.07, 6.45) is 0. The number of rotatable bonds is 4. The molecule has 1 saturated heterocycles. The van der Waals surface area contributed by atoms with Crippen LogP contribution in [0.2, 0.25) is 0 Å². The second-order valence-corrected chi connectivity index (χ2v) is 7.21. The standard InChI is InChI=1S/C12H17N3O3S2/c1-8(15-12(16)11-6-19-7-14-11)9-2-4-10(5-3-9)20(13,17)18/h2-5,8,11,14H,6-7H2,1H3,(H,15,16)(H2,13,17,18). The van der Waals surface area contributed by atoms with E-state index < -0.39 is 10.0 Å². The number of nitrogens with two attached hydrogens (primary N) is 1. The van der Waals surface area contributed by atoms with Gasteiger partial charge in [-0.2, -0.15) is 0 Å². The SMILES string of the molecule is CC(NC(=O)C1CSCN1)c1ccc(S(N)(=O)=O)cc1. The Kier molecular flexibility index (Phi) is 4.69. The van der Waals surface area contributed by atoms with Crippen LogP contribution in [0, 0.1) is 0 Å². The predicted octanol–water partition coefficient (Wildman–Crippen LogP) is 0.174. The van der Waals surface area contributed by atoms with Crippen LogP contribution >= 0.6 is 11.8 Å². The summed E-state index contributed by atoms with van der Waals surface area (Å²) in [4.78, 5) is 12.0. The molecule has 0 saturated carbocycles. The molecule has 2 atom stereocenters. The summed E-state index contributed by atoms with van der Waals surface area (Å²) in [7, 11) is -3.68. The van der Waals surface area contributed by atoms with Crippen molar-refractivity contribution in [1.29, 1.82) is 0 Å². The molecular weight excluding hydrogens is 298 g/mol. The van der Waals surface area contributed by atoms with Crippen molar-refractivity contribution in [1.82, 2.24) is 10.6 Å². The Morgan fingerprint density at radius 3 is 2.60 bits per heavy atom. The lowest BCUT2D eigenvalue weighted by molar-refractivity contribution is -0.123. The number of sulfonamides is 1. The summed E-state index contributed by atoms with van der Waals surface area (Å²) in [5.74, 6) is 1.51. The highest BCUT2D eigenvalue weighted by Crippen LogP contribution is 2.16. The molecular formula is C12H17N3O3S2. The van der Waals surface area contributed by atoms with Crippen LogP contribution < -0.4 is 15.8 Å². The summed E-state index contributed by atoms with van der Waals surface area (Å²) in [6, 6.07) is 5.84. The Hall–Kier alpha value is -1.09. The van der Waals surface area contributed by atoms with Gasteiger partial charge in [0.15, 0.2) is 0 Å². The molecule has 1 aliphatic heterocycles. The third-order valence-corrected chi connectivity index (χ3v) is 4.97. The first-order valence-corrected chi connectivity index (χ1v) is 8.82. The van der Waals surface area contributed by atoms with Crippen molar-refractivity contribution >= 4 is 27.7 Å². The van der Waals surface area contributed by atoms with Crippen LogP contribution in [0.4, 0.5) is 0 Å². The van der Waals surface area contributed by atoms with Gasteiger partial charge in [-0.3, -0.25) is 10.1 Å². The molecule has 0 aliphatic carbocycles. The summed E-state index contributed by atoms with van der Waals surface area (Å²) in [5, 5.41) is 11.0. The van der Waals surface area contributed by atoms with E-state index in [0.29, 0.717) is 0 Å². The molecule has 2 unspecified atom stereocenters. The highest BCUT2D eigenvalue weighted by atomic mass is 32.2. The van der Waals surface area contributed by atoms with Gasteiger partial charge in [-0.15, -0.1) is 11.8 Å². The maximum Gasteiger partial charge on any atom is 0.238 e. The van der Waals surface area contributed by atoms with Gasteiger partial charge in [-0.1, -0.05) is 12.1 Å². The predicted molar refractivity (Wildman–Crippen MR) is 78.6 cm³/mol. The van der Waals surface area contributed by atoms with E-state index in [1.807, 2.05) is 6.92 Å². The van der Waals surface area contributed by atoms with E-state index in [2.05, 4.69) is 10.6 Å². The first-order chi connectivity index (χ1) is 9.38. The molecule has 1 amide bonds. The highest BCUT2D eigenvalue weighted by molar-refractivity contribution is 7.99. The molecule has 1 aromatic carbocycles. The number of carbonyl (C=O) groups excluding carboxylic acids is 1. The molecule has 1 aromatic rings. The van der Waals surface area contributed by atoms with E-state index in [1.54, 1.807) is 23.9 Å². The first-order valence-electron chi connectivity index (χ1n) is 6.12. The minimum Gasteiger partial charge on any atom is -0.348 e. The van der Waals surface area contributed by atoms with Gasteiger partial charge in [0.05, 0.1) is 17.0 Å². The molecule has 8 heteroatoms. The maximum absolute atomic E-state index is 12.0. The number of primary sulfonamides is 1. The third-order valence-electron chi connectivity index (χ3n) is 3.10. The fourth-order valence-electron chi connectivity index (χ4n) is 1.91. The van der Waals surface area contributed by atoms with Crippen molar-refractivity contribution in [2.75, 3.05) is 11.6 Å². The minimum absolute atomic E-state index is 0.0435. The zero-order valence-electron chi connectivity index (χ0n) is 11.0. The smallest absolute Gasteiger partial charge is 0.238 e. The second kappa shape index (κ2) is 6.13. The molecule has 1 fully saturated rings. The molecule has 1 aliphatic rings. The van der Waals surface area contributed by atoms with Crippen molar-refractivity contribution in [2.45, 2.75) is 23.9 Å². The van der Waals surface area contributed by atoms with E-state index >= 15 is 0 Å². The quantitative estimate of drug-likeness (QED) is 0.735. The van der Waals surface area contributed by atoms with Gasteiger partial charge in [-0.05, 0) is 24.6 Å². The summed E-state index contributed by atoms with van der Waals surface area (Å²) in [6.45, 7) is 1.85. The number of thioether (sulfide) groups is 1. The number of hydrogen-bond acceptors (Lipinski definition) is 5. The number of amides is 1. The molecule has 1 heterocycles. The fraction of sp³-hybridized carbons (Fsp3) is 0.417. The monoisotopic (exact) mass is 315 g/mol. The molecule has 0 spiro atoms. The molecule has 2 rings (SSSR count). The Morgan fingerprint density at radius 1 is 1.45 bits per heavy atom. The van der Waals surface area contributed by atoms with Crippen molar-refractivity contribution in [2.24, 2.45) is 5.14 Å². The Morgan fingerprint density at radius 2 is 2.10 bits per heavy atom. The van der Waals surface area contributed by atoms with E-state index in [-0.39, 0.29) is 22.9 Å². The van der Waals surface area contributed by atoms with Gasteiger partial charge < -0.3 is 5.32 Å². The molecule has 20 heavy (non-hydrogen) atoms. The van der Waals surface area contributed by atoms with Gasteiger partial charge in [0, 0.05) is 11.6 Å². The lowest BCUT2D eigenvalue weighted by atomic mass is 10.1. The summed E-state index contributed by atoms with van der Waals surface area (Å²) in [5.41, 5.74) is 0.830. The number of carbonyl (C=O) groups is 1. The zero-order valence-corrected chi connectivity index (χ0v) is 12.6. The van der Waals surface area contributed by atoms with Gasteiger partial charge >= 0.3 is 0 Å². The summed E-state index contributed by atoms with van der Waals surface area (Å²) < 4.78 is 22.3. The normalized spacial score (nSPS) is 20.6. The molecule has 0 bridgehead atoms. The zero-order chi connectivity index (χ0) is 14.8. The van der Waals surface area contributed by atoms with Crippen LogP contribution in [0.15, 0.2) is 29.2 Å². The van der Waals surface area contributed by atoms with Crippen molar-refractivity contribution < 1.29 is 13.2 Å². The highest BCUT2D eigenvalue weighted by Gasteiger charge is 2.23. The molecule has 110 valence electrons. The lowest BCUT2D eigenvalue weighted by Gasteiger charge is -2.17. The first kappa shape index (κ1) is 15.3. The fourth-order valence-corrected chi connectivity index (χ4v) is 3.36. The molecule has 4 N–H and O–H groups in total. The van der Waals surface area contributed by atoms with Crippen LogP contribution in [-0.4, -0.2) is 32.0 Å². The van der Waals surface area contributed by atoms with Gasteiger partial charge in [0.25, 0.3) is 0 Å². The largest absolute Gasteiger partial charge is 0.348 e. The average molecular weight is 315 g/mol. The molecule has 0 aromatic heterocycles. The van der Waals surface area contributed by atoms with Crippen molar-refractivity contribution in [3.63, 3.8) is 0 Å². The van der Waals surface area contributed by atoms with Gasteiger partial charge in [0.2, 0.25) is 15.9 Å². The van der Waals surface area contributed by atoms with Crippen molar-refractivity contribution in [3.05, 3.63) is 29.8 Å². The average Bonchev–Trinajstić information content (AvgIpc) is 2.91. The Balaban J connectivity index is 2.02. The van der Waals surface area contributed by atoms with E-state index in [9.17, 15) is 13.2 Å². The van der Waals surface area contributed by atoms with Gasteiger partial charge in [0.1, 0.15) is 0 Å². The van der Waals surface area contributed by atoms with Crippen LogP contribution in [0.1, 0.15) is 18.5 Å². The molecule has 0 radical (unpaired) electrons. The van der Waals surface area contributed by atoms with E-state index in [0.717, 1.165) is 17.2 Å². The number of nitrogens with one attached hydrogen (secondary N) is 2. The van der Waals surface area contributed by atoms with E-state index in [1.165, 1.54) is 12.1 Å². The third kappa shape index (κ3) is 3.72. The second-order valence-electron chi connectivity index (χ2n) is 4.62. The van der Waals surface area contributed by atoms with Gasteiger partial charge in [-0.25, -0.2) is 13.6 Å². The minimum atomic E-state index is -3.68. The Bertz CT molecular complexity index is 580. The number of hydrogen-bond donors (Lipinski definition) is 3. The van der Waals surface area contributed by atoms with Crippen molar-refractivity contribution in [3.8, 4) is 0 Å².